The van der Waals surface area contributed by atoms with Gasteiger partial charge in [0.1, 0.15) is 5.75 Å². The average molecular weight is 353 g/mol. The predicted octanol–water partition coefficient (Wildman–Crippen LogP) is 2.80. The summed E-state index contributed by atoms with van der Waals surface area (Å²) in [5.74, 6) is 0.825. The van der Waals surface area contributed by atoms with E-state index < -0.39 is 0 Å². The smallest absolute Gasteiger partial charge is 0.222 e. The van der Waals surface area contributed by atoms with Crippen LogP contribution in [-0.2, 0) is 16.0 Å². The molecule has 2 amide bonds. The number of hydrogen-bond donors (Lipinski definition) is 1. The molecule has 1 aromatic carbocycles. The minimum Gasteiger partial charge on any atom is -0.495 e. The van der Waals surface area contributed by atoms with E-state index in [0.717, 1.165) is 31.4 Å². The summed E-state index contributed by atoms with van der Waals surface area (Å²) in [5, 5.41) is 3.44. The number of hydrogen-bond acceptors (Lipinski definition) is 3. The Morgan fingerprint density at radius 3 is 2.92 bits per heavy atom. The number of nitrogens with one attached hydrogen (secondary N) is 1. The molecule has 0 atom stereocenters. The van der Waals surface area contributed by atoms with Crippen LogP contribution in [0.2, 0.25) is 5.02 Å². The molecule has 2 rings (SSSR count). The third-order valence-corrected chi connectivity index (χ3v) is 4.53. The lowest BCUT2D eigenvalue weighted by Crippen LogP contribution is -2.38. The van der Waals surface area contributed by atoms with Crippen molar-refractivity contribution in [3.8, 4) is 5.75 Å². The highest BCUT2D eigenvalue weighted by atomic mass is 35.5. The van der Waals surface area contributed by atoms with Crippen LogP contribution in [0.4, 0.5) is 0 Å². The number of nitrogens with zero attached hydrogens (tertiary/aromatic N) is 1. The Kier molecular flexibility index (Phi) is 7.37. The van der Waals surface area contributed by atoms with Crippen molar-refractivity contribution in [2.75, 3.05) is 26.7 Å². The number of rotatable bonds is 7. The molecule has 0 spiro atoms. The monoisotopic (exact) mass is 352 g/mol. The first-order valence-electron chi connectivity index (χ1n) is 8.47. The quantitative estimate of drug-likeness (QED) is 0.820. The molecule has 0 aliphatic carbocycles. The minimum absolute atomic E-state index is 0.00999. The summed E-state index contributed by atoms with van der Waals surface area (Å²) in [5.41, 5.74) is 0.999. The van der Waals surface area contributed by atoms with E-state index in [9.17, 15) is 9.59 Å². The van der Waals surface area contributed by atoms with E-state index in [1.165, 1.54) is 0 Å². The third-order valence-electron chi connectivity index (χ3n) is 4.23. The lowest BCUT2D eigenvalue weighted by molar-refractivity contribution is -0.131. The van der Waals surface area contributed by atoms with Gasteiger partial charge in [0.25, 0.3) is 0 Å². The highest BCUT2D eigenvalue weighted by Gasteiger charge is 2.16. The van der Waals surface area contributed by atoms with Crippen molar-refractivity contribution in [1.29, 1.82) is 0 Å². The molecule has 0 bridgehead atoms. The Hall–Kier alpha value is -1.75. The summed E-state index contributed by atoms with van der Waals surface area (Å²) >= 11 is 6.08. The number of carbonyl (C=O) groups excluding carboxylic acids is 2. The SMILES string of the molecule is COc1ccc(CCC(=O)NCCN2CCCCCC2=O)cc1Cl. The lowest BCUT2D eigenvalue weighted by atomic mass is 10.1. The molecule has 0 unspecified atom stereocenters. The highest BCUT2D eigenvalue weighted by Crippen LogP contribution is 2.25. The molecule has 0 aromatic heterocycles. The molecule has 1 N–H and O–H groups in total. The van der Waals surface area contributed by atoms with Crippen LogP contribution in [0.1, 0.15) is 37.7 Å². The zero-order valence-electron chi connectivity index (χ0n) is 14.1. The molecule has 1 heterocycles. The number of methoxy groups -OCH3 is 1. The van der Waals surface area contributed by atoms with Gasteiger partial charge in [-0.1, -0.05) is 24.1 Å². The lowest BCUT2D eigenvalue weighted by Gasteiger charge is -2.20. The molecule has 132 valence electrons. The summed E-state index contributed by atoms with van der Waals surface area (Å²) in [6.45, 7) is 1.91. The summed E-state index contributed by atoms with van der Waals surface area (Å²) in [4.78, 5) is 25.7. The molecule has 0 saturated carbocycles. The maximum atomic E-state index is 11.9. The molecule has 0 radical (unpaired) electrons. The second-order valence-electron chi connectivity index (χ2n) is 6.01. The van der Waals surface area contributed by atoms with E-state index in [-0.39, 0.29) is 11.8 Å². The van der Waals surface area contributed by atoms with Gasteiger partial charge in [0, 0.05) is 32.5 Å². The first-order chi connectivity index (χ1) is 11.6. The summed E-state index contributed by atoms with van der Waals surface area (Å²) < 4.78 is 5.11. The number of halogens is 1. The van der Waals surface area contributed by atoms with Gasteiger partial charge in [0.15, 0.2) is 0 Å². The Morgan fingerprint density at radius 1 is 1.33 bits per heavy atom. The second kappa shape index (κ2) is 9.52. The van der Waals surface area contributed by atoms with Crippen molar-refractivity contribution in [2.45, 2.75) is 38.5 Å². The fourth-order valence-corrected chi connectivity index (χ4v) is 3.10. The van der Waals surface area contributed by atoms with Gasteiger partial charge in [-0.05, 0) is 37.0 Å². The third kappa shape index (κ3) is 5.71. The van der Waals surface area contributed by atoms with E-state index in [0.29, 0.717) is 43.1 Å². The van der Waals surface area contributed by atoms with Crippen molar-refractivity contribution < 1.29 is 14.3 Å². The van der Waals surface area contributed by atoms with Gasteiger partial charge < -0.3 is 15.0 Å². The zero-order chi connectivity index (χ0) is 17.4. The molecule has 1 aromatic rings. The topological polar surface area (TPSA) is 58.6 Å². The van der Waals surface area contributed by atoms with E-state index in [4.69, 9.17) is 16.3 Å². The van der Waals surface area contributed by atoms with E-state index in [1.54, 1.807) is 13.2 Å². The Balaban J connectivity index is 1.69. The van der Waals surface area contributed by atoms with Gasteiger partial charge in [-0.15, -0.1) is 0 Å². The molecular formula is C18H25ClN2O3. The van der Waals surface area contributed by atoms with Crippen molar-refractivity contribution >= 4 is 23.4 Å². The summed E-state index contributed by atoms with van der Waals surface area (Å²) in [6.07, 6.45) is 4.80. The molecule has 5 nitrogen and oxygen atoms in total. The van der Waals surface area contributed by atoms with Gasteiger partial charge >= 0.3 is 0 Å². The number of benzene rings is 1. The fraction of sp³-hybridized carbons (Fsp3) is 0.556. The Labute approximate surface area is 148 Å². The Morgan fingerprint density at radius 2 is 2.17 bits per heavy atom. The van der Waals surface area contributed by atoms with Crippen LogP contribution >= 0.6 is 11.6 Å². The molecule has 6 heteroatoms. The normalized spacial score (nSPS) is 15.1. The first kappa shape index (κ1) is 18.6. The second-order valence-corrected chi connectivity index (χ2v) is 6.42. The molecule has 1 aliphatic heterocycles. The molecule has 1 aliphatic rings. The fourth-order valence-electron chi connectivity index (χ4n) is 2.82. The van der Waals surface area contributed by atoms with Crippen LogP contribution in [0.5, 0.6) is 5.75 Å². The van der Waals surface area contributed by atoms with Gasteiger partial charge in [-0.2, -0.15) is 0 Å². The largest absolute Gasteiger partial charge is 0.495 e. The molecule has 1 saturated heterocycles. The van der Waals surface area contributed by atoms with Gasteiger partial charge in [-0.3, -0.25) is 9.59 Å². The highest BCUT2D eigenvalue weighted by molar-refractivity contribution is 6.32. The van der Waals surface area contributed by atoms with Crippen molar-refractivity contribution in [2.24, 2.45) is 0 Å². The number of ether oxygens (including phenoxy) is 1. The summed E-state index contributed by atoms with van der Waals surface area (Å²) in [7, 11) is 1.57. The van der Waals surface area contributed by atoms with Crippen LogP contribution in [0.15, 0.2) is 18.2 Å². The van der Waals surface area contributed by atoms with Crippen LogP contribution in [-0.4, -0.2) is 43.5 Å². The summed E-state index contributed by atoms with van der Waals surface area (Å²) in [6, 6.07) is 5.54. The van der Waals surface area contributed by atoms with E-state index in [1.807, 2.05) is 17.0 Å². The first-order valence-corrected chi connectivity index (χ1v) is 8.85. The van der Waals surface area contributed by atoms with E-state index >= 15 is 0 Å². The number of carbonyl (C=O) groups is 2. The van der Waals surface area contributed by atoms with Gasteiger partial charge in [0.2, 0.25) is 11.8 Å². The van der Waals surface area contributed by atoms with Crippen LogP contribution in [0.3, 0.4) is 0 Å². The van der Waals surface area contributed by atoms with Crippen molar-refractivity contribution in [3.05, 3.63) is 28.8 Å². The van der Waals surface area contributed by atoms with Crippen LogP contribution in [0.25, 0.3) is 0 Å². The standard InChI is InChI=1S/C18H25ClN2O3/c1-24-16-8-6-14(13-15(16)19)7-9-17(22)20-10-12-21-11-4-2-3-5-18(21)23/h6,8,13H,2-5,7,9-12H2,1H3,(H,20,22). The van der Waals surface area contributed by atoms with Gasteiger partial charge in [0.05, 0.1) is 12.1 Å². The number of aryl methyl sites for hydroxylation is 1. The number of likely N-dealkylation sites (tertiary alicyclic amines) is 1. The molecule has 24 heavy (non-hydrogen) atoms. The average Bonchev–Trinajstić information content (AvgIpc) is 2.78. The maximum Gasteiger partial charge on any atom is 0.222 e. The zero-order valence-corrected chi connectivity index (χ0v) is 14.9. The minimum atomic E-state index is -0.00999. The van der Waals surface area contributed by atoms with Crippen LogP contribution < -0.4 is 10.1 Å². The van der Waals surface area contributed by atoms with Crippen molar-refractivity contribution in [1.82, 2.24) is 10.2 Å². The Bertz CT molecular complexity index is 577. The number of amides is 2. The van der Waals surface area contributed by atoms with Gasteiger partial charge in [-0.25, -0.2) is 0 Å². The van der Waals surface area contributed by atoms with Crippen molar-refractivity contribution in [3.63, 3.8) is 0 Å². The molecular weight excluding hydrogens is 328 g/mol. The van der Waals surface area contributed by atoms with Crippen LogP contribution in [0, 0.1) is 0 Å². The maximum absolute atomic E-state index is 11.9. The predicted molar refractivity (Wildman–Crippen MR) is 94.4 cm³/mol. The van der Waals surface area contributed by atoms with E-state index in [2.05, 4.69) is 5.32 Å². The molecule has 1 fully saturated rings.